The van der Waals surface area contributed by atoms with Crippen LogP contribution in [0.3, 0.4) is 0 Å². The lowest BCUT2D eigenvalue weighted by atomic mass is 10.2. The number of methoxy groups -OCH3 is 1. The van der Waals surface area contributed by atoms with Crippen LogP contribution < -0.4 is 10.6 Å². The molecule has 0 radical (unpaired) electrons. The average molecular weight is 518 g/mol. The van der Waals surface area contributed by atoms with Crippen LogP contribution in [-0.4, -0.2) is 46.0 Å². The van der Waals surface area contributed by atoms with Crippen molar-refractivity contribution in [1.82, 2.24) is 10.6 Å². The Labute approximate surface area is 168 Å². The van der Waals surface area contributed by atoms with E-state index in [4.69, 9.17) is 9.47 Å². The van der Waals surface area contributed by atoms with Crippen molar-refractivity contribution >= 4 is 45.9 Å². The van der Waals surface area contributed by atoms with E-state index in [1.807, 2.05) is 13.0 Å². The summed E-state index contributed by atoms with van der Waals surface area (Å²) in [6.45, 7) is 5.64. The summed E-state index contributed by atoms with van der Waals surface area (Å²) >= 11 is 3.25. The highest BCUT2D eigenvalue weighted by Crippen LogP contribution is 2.15. The van der Waals surface area contributed by atoms with Crippen molar-refractivity contribution in [2.75, 3.05) is 40.0 Å². The van der Waals surface area contributed by atoms with Crippen molar-refractivity contribution in [3.05, 3.63) is 34.1 Å². The Morgan fingerprint density at radius 1 is 1.25 bits per heavy atom. The van der Waals surface area contributed by atoms with E-state index in [2.05, 4.69) is 31.6 Å². The Morgan fingerprint density at radius 3 is 2.71 bits per heavy atom. The van der Waals surface area contributed by atoms with E-state index in [-0.39, 0.29) is 29.8 Å². The fraction of sp³-hybridized carbons (Fsp3) is 0.562. The zero-order chi connectivity index (χ0) is 16.9. The summed E-state index contributed by atoms with van der Waals surface area (Å²) in [6.07, 6.45) is 0.862. The fourth-order valence-corrected chi connectivity index (χ4v) is 2.11. The molecule has 0 amide bonds. The van der Waals surface area contributed by atoms with Gasteiger partial charge in [0.05, 0.1) is 19.8 Å². The smallest absolute Gasteiger partial charge is 0.191 e. The maximum absolute atomic E-state index is 13.8. The van der Waals surface area contributed by atoms with Gasteiger partial charge in [0.2, 0.25) is 0 Å². The normalized spacial score (nSPS) is 11.1. The van der Waals surface area contributed by atoms with Gasteiger partial charge < -0.3 is 20.1 Å². The van der Waals surface area contributed by atoms with E-state index in [1.54, 1.807) is 13.2 Å². The van der Waals surface area contributed by atoms with E-state index in [0.717, 1.165) is 24.0 Å². The number of hydrogen-bond acceptors (Lipinski definition) is 3. The molecular weight excluding hydrogens is 492 g/mol. The van der Waals surface area contributed by atoms with Crippen LogP contribution in [0.15, 0.2) is 27.7 Å². The lowest BCUT2D eigenvalue weighted by molar-refractivity contribution is 0.0698. The van der Waals surface area contributed by atoms with E-state index >= 15 is 0 Å². The highest BCUT2D eigenvalue weighted by Gasteiger charge is 2.03. The Balaban J connectivity index is 0.00000529. The molecule has 0 saturated heterocycles. The lowest BCUT2D eigenvalue weighted by Crippen LogP contribution is -2.38. The first-order valence-corrected chi connectivity index (χ1v) is 8.49. The average Bonchev–Trinajstić information content (AvgIpc) is 2.53. The number of benzene rings is 1. The molecule has 0 aliphatic rings. The van der Waals surface area contributed by atoms with Gasteiger partial charge in [-0.25, -0.2) is 9.38 Å². The van der Waals surface area contributed by atoms with Gasteiger partial charge >= 0.3 is 0 Å². The second-order valence-corrected chi connectivity index (χ2v) is 5.73. The standard InChI is InChI=1S/C16H25BrFN3O2.HI/c1-3-19-16(20-7-4-8-23-10-9-22-2)21-12-13-5-6-14(17)11-15(13)18;/h5-6,11H,3-4,7-10,12H2,1-2H3,(H2,19,20,21);1H. The third kappa shape index (κ3) is 10.4. The predicted molar refractivity (Wildman–Crippen MR) is 110 cm³/mol. The van der Waals surface area contributed by atoms with Gasteiger partial charge in [0.15, 0.2) is 5.96 Å². The SMILES string of the molecule is CCNC(=NCc1ccc(Br)cc1F)NCCCOCCOC.I. The number of rotatable bonds is 10. The molecule has 0 aromatic heterocycles. The van der Waals surface area contributed by atoms with Gasteiger partial charge in [0.25, 0.3) is 0 Å². The molecule has 0 aliphatic heterocycles. The number of hydrogen-bond donors (Lipinski definition) is 2. The van der Waals surface area contributed by atoms with Crippen molar-refractivity contribution in [1.29, 1.82) is 0 Å². The van der Waals surface area contributed by atoms with E-state index in [0.29, 0.717) is 37.9 Å². The molecule has 2 N–H and O–H groups in total. The quantitative estimate of drug-likeness (QED) is 0.216. The third-order valence-electron chi connectivity index (χ3n) is 2.96. The monoisotopic (exact) mass is 517 g/mol. The second-order valence-electron chi connectivity index (χ2n) is 4.82. The first-order chi connectivity index (χ1) is 11.2. The number of nitrogens with one attached hydrogen (secondary N) is 2. The molecule has 0 heterocycles. The molecule has 0 spiro atoms. The largest absolute Gasteiger partial charge is 0.382 e. The number of aliphatic imine (C=N–C) groups is 1. The Morgan fingerprint density at radius 2 is 2.04 bits per heavy atom. The number of ether oxygens (including phenoxy) is 2. The maximum Gasteiger partial charge on any atom is 0.191 e. The Bertz CT molecular complexity index is 492. The summed E-state index contributed by atoms with van der Waals surface area (Å²) in [5.74, 6) is 0.414. The van der Waals surface area contributed by atoms with Crippen LogP contribution in [-0.2, 0) is 16.0 Å². The van der Waals surface area contributed by atoms with Gasteiger partial charge in [-0.15, -0.1) is 24.0 Å². The summed E-state index contributed by atoms with van der Waals surface area (Å²) in [4.78, 5) is 4.40. The number of guanidine groups is 1. The minimum atomic E-state index is -0.259. The first kappa shape index (κ1) is 23.5. The Hall–Kier alpha value is -0.450. The van der Waals surface area contributed by atoms with Crippen LogP contribution >= 0.6 is 39.9 Å². The second kappa shape index (κ2) is 14.9. The van der Waals surface area contributed by atoms with Gasteiger partial charge in [-0.05, 0) is 25.5 Å². The van der Waals surface area contributed by atoms with Gasteiger partial charge in [-0.3, -0.25) is 0 Å². The van der Waals surface area contributed by atoms with Gasteiger partial charge in [0, 0.05) is 36.8 Å². The molecule has 8 heteroatoms. The van der Waals surface area contributed by atoms with Gasteiger partial charge in [0.1, 0.15) is 5.82 Å². The zero-order valence-electron chi connectivity index (χ0n) is 14.1. The molecule has 0 fully saturated rings. The summed E-state index contributed by atoms with van der Waals surface area (Å²) in [5, 5.41) is 6.35. The van der Waals surface area contributed by atoms with E-state index < -0.39 is 0 Å². The summed E-state index contributed by atoms with van der Waals surface area (Å²) in [5.41, 5.74) is 0.563. The van der Waals surface area contributed by atoms with Crippen molar-refractivity contribution in [2.24, 2.45) is 4.99 Å². The minimum Gasteiger partial charge on any atom is -0.382 e. The van der Waals surface area contributed by atoms with Crippen LogP contribution in [0.1, 0.15) is 18.9 Å². The summed E-state index contributed by atoms with van der Waals surface area (Å²) in [7, 11) is 1.65. The zero-order valence-corrected chi connectivity index (χ0v) is 18.0. The number of nitrogens with zero attached hydrogens (tertiary/aromatic N) is 1. The molecule has 5 nitrogen and oxygen atoms in total. The van der Waals surface area contributed by atoms with Crippen molar-refractivity contribution in [3.63, 3.8) is 0 Å². The summed E-state index contributed by atoms with van der Waals surface area (Å²) < 4.78 is 24.8. The highest BCUT2D eigenvalue weighted by atomic mass is 127. The molecule has 0 atom stereocenters. The third-order valence-corrected chi connectivity index (χ3v) is 3.45. The minimum absolute atomic E-state index is 0. The lowest BCUT2D eigenvalue weighted by Gasteiger charge is -2.11. The van der Waals surface area contributed by atoms with E-state index in [1.165, 1.54) is 6.07 Å². The molecule has 138 valence electrons. The van der Waals surface area contributed by atoms with Crippen LogP contribution in [0, 0.1) is 5.82 Å². The van der Waals surface area contributed by atoms with Crippen LogP contribution in [0.4, 0.5) is 4.39 Å². The Kier molecular flexibility index (Phi) is 14.6. The van der Waals surface area contributed by atoms with Crippen LogP contribution in [0.25, 0.3) is 0 Å². The van der Waals surface area contributed by atoms with E-state index in [9.17, 15) is 4.39 Å². The molecule has 1 aromatic rings. The molecule has 0 bridgehead atoms. The van der Waals surface area contributed by atoms with Crippen molar-refractivity contribution < 1.29 is 13.9 Å². The summed E-state index contributed by atoms with van der Waals surface area (Å²) in [6, 6.07) is 4.99. The maximum atomic E-state index is 13.8. The number of halogens is 3. The van der Waals surface area contributed by atoms with Crippen molar-refractivity contribution in [3.8, 4) is 0 Å². The van der Waals surface area contributed by atoms with Gasteiger partial charge in [-0.2, -0.15) is 0 Å². The highest BCUT2D eigenvalue weighted by molar-refractivity contribution is 14.0. The molecular formula is C16H26BrFIN3O2. The molecule has 1 aromatic carbocycles. The first-order valence-electron chi connectivity index (χ1n) is 7.70. The molecule has 24 heavy (non-hydrogen) atoms. The fourth-order valence-electron chi connectivity index (χ4n) is 1.78. The van der Waals surface area contributed by atoms with Gasteiger partial charge in [-0.1, -0.05) is 22.0 Å². The van der Waals surface area contributed by atoms with Crippen LogP contribution in [0.2, 0.25) is 0 Å². The van der Waals surface area contributed by atoms with Crippen LogP contribution in [0.5, 0.6) is 0 Å². The predicted octanol–water partition coefficient (Wildman–Crippen LogP) is 3.31. The molecule has 1 rings (SSSR count). The van der Waals surface area contributed by atoms with Crippen molar-refractivity contribution in [2.45, 2.75) is 19.9 Å². The molecule has 0 unspecified atom stereocenters. The molecule has 0 saturated carbocycles. The molecule has 0 aliphatic carbocycles. The topological polar surface area (TPSA) is 54.9 Å².